The molecule has 3 aliphatic heterocycles. The number of nitrogens with zero attached hydrogens (tertiary/aromatic N) is 7. The number of esters is 1. The van der Waals surface area contributed by atoms with Crippen molar-refractivity contribution < 1.29 is 48.7 Å². The number of aromatic hydroxyl groups is 3. The smallest absolute Gasteiger partial charge is 0.411 e. The molecule has 4 N–H and O–H groups in total. The zero-order chi connectivity index (χ0) is 50.1. The number of carbonyl (C=O) groups is 4. The average molecular weight is 957 g/mol. The van der Waals surface area contributed by atoms with Gasteiger partial charge in [-0.3, -0.25) is 19.0 Å². The van der Waals surface area contributed by atoms with Crippen LogP contribution in [0.25, 0.3) is 39.4 Å². The Hall–Kier alpha value is -7.96. The zero-order valence-corrected chi connectivity index (χ0v) is 40.1. The molecular weight excluding hydrogens is 901 g/mol. The Balaban J connectivity index is 0.00000325. The van der Waals surface area contributed by atoms with E-state index in [1.165, 1.54) is 17.7 Å². The molecule has 1 unspecified atom stereocenters. The monoisotopic (exact) mass is 956 g/mol. The molecule has 3 aromatic carbocycles. The predicted octanol–water partition coefficient (Wildman–Crippen LogP) is 6.49. The summed E-state index contributed by atoms with van der Waals surface area (Å²) in [6.45, 7) is 12.2. The first-order valence-electron chi connectivity index (χ1n) is 23.5. The van der Waals surface area contributed by atoms with Crippen LogP contribution in [0.1, 0.15) is 105 Å². The molecule has 366 valence electrons. The molecule has 6 heterocycles. The molecule has 3 amide bonds. The number of ether oxygens (including phenoxy) is 3. The van der Waals surface area contributed by atoms with Gasteiger partial charge in [0.05, 0.1) is 34.6 Å². The molecule has 0 aliphatic carbocycles. The molecular formula is C51H56N8O11. The third-order valence-electron chi connectivity index (χ3n) is 12.7. The van der Waals surface area contributed by atoms with E-state index in [2.05, 4.69) is 15.5 Å². The number of aryl methyl sites for hydroxylation is 1. The fourth-order valence-corrected chi connectivity index (χ4v) is 9.17. The minimum Gasteiger partial charge on any atom is -0.508 e. The molecule has 0 spiro atoms. The van der Waals surface area contributed by atoms with Crippen molar-refractivity contribution >= 4 is 34.8 Å². The lowest BCUT2D eigenvalue weighted by atomic mass is 9.97. The Labute approximate surface area is 403 Å². The lowest BCUT2D eigenvalue weighted by molar-refractivity contribution is -0.158. The van der Waals surface area contributed by atoms with Crippen molar-refractivity contribution in [2.75, 3.05) is 33.2 Å². The number of pyridine rings is 2. The summed E-state index contributed by atoms with van der Waals surface area (Å²) in [5.74, 6) is -1.16. The first kappa shape index (κ1) is 48.5. The summed E-state index contributed by atoms with van der Waals surface area (Å²) >= 11 is 0. The molecule has 1 fully saturated rings. The maximum atomic E-state index is 13.9. The van der Waals surface area contributed by atoms with E-state index in [1.54, 1.807) is 71.0 Å². The Bertz CT molecular complexity index is 3080. The Kier molecular flexibility index (Phi) is 13.8. The van der Waals surface area contributed by atoms with Crippen molar-refractivity contribution in [1.29, 1.82) is 0 Å². The lowest BCUT2D eigenvalue weighted by Gasteiger charge is -2.33. The van der Waals surface area contributed by atoms with Gasteiger partial charge in [0.25, 0.3) is 11.5 Å². The molecule has 70 heavy (non-hydrogen) atoms. The van der Waals surface area contributed by atoms with Gasteiger partial charge in [-0.25, -0.2) is 14.6 Å². The normalized spacial score (nSPS) is 15.1. The molecule has 1 atom stereocenters. The quantitative estimate of drug-likeness (QED) is 0.101. The summed E-state index contributed by atoms with van der Waals surface area (Å²) < 4.78 is 20.4. The van der Waals surface area contributed by atoms with Crippen molar-refractivity contribution in [2.45, 2.75) is 92.1 Å². The van der Waals surface area contributed by atoms with Gasteiger partial charge in [0.2, 0.25) is 17.8 Å². The van der Waals surface area contributed by atoms with Crippen LogP contribution in [0.4, 0.5) is 4.79 Å². The first-order valence-corrected chi connectivity index (χ1v) is 23.5. The van der Waals surface area contributed by atoms with Gasteiger partial charge in [-0.15, -0.1) is 10.2 Å². The molecule has 3 aliphatic rings. The summed E-state index contributed by atoms with van der Waals surface area (Å²) in [5.41, 5.74) is 4.83. The van der Waals surface area contributed by atoms with E-state index in [0.29, 0.717) is 72.8 Å². The highest BCUT2D eigenvalue weighted by atomic mass is 16.6. The average Bonchev–Trinajstić information content (AvgIpc) is 3.95. The van der Waals surface area contributed by atoms with E-state index in [9.17, 15) is 39.3 Å². The van der Waals surface area contributed by atoms with Gasteiger partial charge in [0, 0.05) is 67.8 Å². The Morgan fingerprint density at radius 1 is 0.929 bits per heavy atom. The second kappa shape index (κ2) is 19.9. The molecule has 1 saturated heterocycles. The minimum atomic E-state index is -1.55. The third kappa shape index (κ3) is 9.05. The van der Waals surface area contributed by atoms with Crippen LogP contribution in [-0.4, -0.2) is 113 Å². The standard InChI is InChI=1S/C49H50N8O11.C2H6/c1-6-30-32-18-27(58)10-13-37(32)51-42-35(30)22-56-38(42)20-33-36(47(56)63)24-66-48(64)43(33)68-49(65)54(5)23-41(61)55-16-14-29(15-17-55)67-28-11-8-26(9-12-28)57-44(52-53-45(57)46(62)50-7-2)34-19-31(25(3)4)39(59)21-40(34)60;1-2/h8-13,18-21,25,29,43,58-60H,6-7,14-17,22-24H2,1-5H3,(H,50,62);1-2H3. The summed E-state index contributed by atoms with van der Waals surface area (Å²) in [6, 6.07) is 16.4. The van der Waals surface area contributed by atoms with Crippen LogP contribution in [0.3, 0.4) is 0 Å². The topological polar surface area (TPSA) is 241 Å². The van der Waals surface area contributed by atoms with E-state index >= 15 is 0 Å². The van der Waals surface area contributed by atoms with Crippen LogP contribution >= 0.6 is 0 Å². The maximum Gasteiger partial charge on any atom is 0.411 e. The van der Waals surface area contributed by atoms with E-state index < -0.39 is 29.6 Å². The Morgan fingerprint density at radius 3 is 2.34 bits per heavy atom. The number of nitrogens with one attached hydrogen (secondary N) is 1. The van der Waals surface area contributed by atoms with Gasteiger partial charge in [-0.1, -0.05) is 34.6 Å². The third-order valence-corrected chi connectivity index (χ3v) is 12.7. The van der Waals surface area contributed by atoms with E-state index in [-0.39, 0.29) is 83.2 Å². The van der Waals surface area contributed by atoms with Crippen LogP contribution < -0.4 is 15.6 Å². The molecule has 9 rings (SSSR count). The van der Waals surface area contributed by atoms with Gasteiger partial charge < -0.3 is 49.2 Å². The van der Waals surface area contributed by atoms with Crippen molar-refractivity contribution in [2.24, 2.45) is 0 Å². The number of benzene rings is 3. The highest BCUT2D eigenvalue weighted by Crippen LogP contribution is 2.41. The van der Waals surface area contributed by atoms with E-state index in [0.717, 1.165) is 21.4 Å². The fourth-order valence-electron chi connectivity index (χ4n) is 9.17. The Morgan fingerprint density at radius 2 is 1.66 bits per heavy atom. The van der Waals surface area contributed by atoms with Gasteiger partial charge >= 0.3 is 12.1 Å². The van der Waals surface area contributed by atoms with Gasteiger partial charge in [0.15, 0.2) is 5.82 Å². The second-order valence-electron chi connectivity index (χ2n) is 17.4. The number of likely N-dealkylation sites (N-methyl/N-ethyl adjacent to an activating group) is 1. The number of phenols is 3. The summed E-state index contributed by atoms with van der Waals surface area (Å²) in [5, 5.41) is 43.5. The maximum absolute atomic E-state index is 13.9. The summed E-state index contributed by atoms with van der Waals surface area (Å²) in [7, 11) is 1.39. The van der Waals surface area contributed by atoms with Crippen molar-refractivity contribution in [3.8, 4) is 51.5 Å². The lowest BCUT2D eigenvalue weighted by Crippen LogP contribution is -2.47. The van der Waals surface area contributed by atoms with Gasteiger partial charge in [-0.2, -0.15) is 0 Å². The van der Waals surface area contributed by atoms with E-state index in [1.807, 2.05) is 34.6 Å². The van der Waals surface area contributed by atoms with Crippen LogP contribution in [0, 0.1) is 0 Å². The number of phenolic OH excluding ortho intramolecular Hbond substituents is 3. The SMILES string of the molecule is CC.CCNC(=O)c1nnc(-c2cc(C(C)C)c(O)cc2O)n1-c1ccc(OC2CCN(C(=O)CN(C)C(=O)OC3C(=O)OCc4c3cc3n(c4=O)Cc4c-3nc3ccc(O)cc3c4CC)CC2)cc1. The number of likely N-dealkylation sites (tertiary alicyclic amines) is 1. The second-order valence-corrected chi connectivity index (χ2v) is 17.4. The highest BCUT2D eigenvalue weighted by molar-refractivity contribution is 5.93. The number of fused-ring (bicyclic) bond motifs is 5. The number of hydrogen-bond acceptors (Lipinski definition) is 14. The first-order chi connectivity index (χ1) is 33.6. The number of aromatic nitrogens is 5. The van der Waals surface area contributed by atoms with Crippen LogP contribution in [0.5, 0.6) is 23.0 Å². The molecule has 19 heteroatoms. The summed E-state index contributed by atoms with van der Waals surface area (Å²) in [4.78, 5) is 74.7. The molecule has 0 saturated carbocycles. The van der Waals surface area contributed by atoms with Crippen molar-refractivity contribution in [1.82, 2.24) is 39.4 Å². The molecule has 0 radical (unpaired) electrons. The van der Waals surface area contributed by atoms with E-state index in [4.69, 9.17) is 19.2 Å². The molecule has 19 nitrogen and oxygen atoms in total. The van der Waals surface area contributed by atoms with Crippen LogP contribution in [0.15, 0.2) is 65.5 Å². The number of hydrogen-bond donors (Lipinski definition) is 4. The predicted molar refractivity (Wildman–Crippen MR) is 257 cm³/mol. The molecule has 0 bridgehead atoms. The van der Waals surface area contributed by atoms with Gasteiger partial charge in [0.1, 0.15) is 42.3 Å². The number of carbonyl (C=O) groups excluding carboxylic acids is 4. The molecule has 3 aromatic heterocycles. The van der Waals surface area contributed by atoms with Gasteiger partial charge in [-0.05, 0) is 85.0 Å². The highest BCUT2D eigenvalue weighted by Gasteiger charge is 2.39. The van der Waals surface area contributed by atoms with Crippen LogP contribution in [0.2, 0.25) is 0 Å². The summed E-state index contributed by atoms with van der Waals surface area (Å²) in [6.07, 6.45) is -1.13. The van der Waals surface area contributed by atoms with Crippen molar-refractivity contribution in [3.63, 3.8) is 0 Å². The number of amides is 3. The molecule has 6 aromatic rings. The number of cyclic esters (lactones) is 1. The number of piperidine rings is 1. The largest absolute Gasteiger partial charge is 0.508 e. The zero-order valence-electron chi connectivity index (χ0n) is 40.1. The van der Waals surface area contributed by atoms with Crippen molar-refractivity contribution in [3.05, 3.63) is 105 Å². The fraction of sp³-hybridized carbons (Fsp3) is 0.373. The van der Waals surface area contributed by atoms with Crippen LogP contribution in [-0.2, 0) is 38.6 Å². The minimum absolute atomic E-state index is 0.000430. The number of rotatable bonds is 11.